The molecule has 6 heteroatoms. The van der Waals surface area contributed by atoms with Crippen LogP contribution in [0, 0.1) is 12.7 Å². The van der Waals surface area contributed by atoms with Crippen LogP contribution in [0.4, 0.5) is 15.2 Å². The van der Waals surface area contributed by atoms with Gasteiger partial charge >= 0.3 is 0 Å². The van der Waals surface area contributed by atoms with Crippen LogP contribution in [0.2, 0.25) is 0 Å². The number of benzene rings is 1. The fourth-order valence-electron chi connectivity index (χ4n) is 1.49. The maximum absolute atomic E-state index is 12.8. The number of aryl methyl sites for hydroxylation is 1. The second-order valence-electron chi connectivity index (χ2n) is 4.16. The number of thiazole rings is 1. The van der Waals surface area contributed by atoms with Crippen LogP contribution in [0.25, 0.3) is 0 Å². The molecule has 4 nitrogen and oxygen atoms in total. The van der Waals surface area contributed by atoms with Crippen LogP contribution >= 0.6 is 11.3 Å². The molecule has 0 bridgehead atoms. The zero-order valence-corrected chi connectivity index (χ0v) is 11.4. The Kier molecular flexibility index (Phi) is 4.11. The van der Waals surface area contributed by atoms with Crippen LogP contribution in [0.15, 0.2) is 29.6 Å². The highest BCUT2D eigenvalue weighted by Crippen LogP contribution is 2.15. The van der Waals surface area contributed by atoms with Crippen molar-refractivity contribution in [3.05, 3.63) is 41.2 Å². The van der Waals surface area contributed by atoms with Crippen molar-refractivity contribution in [1.29, 1.82) is 0 Å². The van der Waals surface area contributed by atoms with Gasteiger partial charge in [0.2, 0.25) is 5.91 Å². The molecule has 0 saturated heterocycles. The molecule has 1 heterocycles. The summed E-state index contributed by atoms with van der Waals surface area (Å²) in [5, 5.41) is 8.17. The summed E-state index contributed by atoms with van der Waals surface area (Å²) in [7, 11) is 0. The lowest BCUT2D eigenvalue weighted by atomic mass is 10.2. The van der Waals surface area contributed by atoms with Gasteiger partial charge in [-0.1, -0.05) is 0 Å². The van der Waals surface area contributed by atoms with Crippen molar-refractivity contribution in [2.24, 2.45) is 0 Å². The highest BCUT2D eigenvalue weighted by Gasteiger charge is 2.14. The molecule has 2 N–H and O–H groups in total. The van der Waals surface area contributed by atoms with Crippen LogP contribution in [-0.4, -0.2) is 16.9 Å². The average Bonchev–Trinajstić information content (AvgIpc) is 2.77. The summed E-state index contributed by atoms with van der Waals surface area (Å²) in [5.41, 5.74) is 1.57. The third kappa shape index (κ3) is 3.75. The predicted octanol–water partition coefficient (Wildman–Crippen LogP) is 3.03. The number of nitrogens with one attached hydrogen (secondary N) is 2. The third-order valence-electron chi connectivity index (χ3n) is 2.47. The number of amides is 1. The van der Waals surface area contributed by atoms with Gasteiger partial charge in [-0.25, -0.2) is 9.37 Å². The number of hydrogen-bond donors (Lipinski definition) is 2. The molecule has 19 heavy (non-hydrogen) atoms. The van der Waals surface area contributed by atoms with Crippen molar-refractivity contribution in [2.75, 3.05) is 10.6 Å². The molecule has 1 aromatic heterocycles. The van der Waals surface area contributed by atoms with E-state index in [2.05, 4.69) is 15.6 Å². The van der Waals surface area contributed by atoms with Crippen molar-refractivity contribution < 1.29 is 9.18 Å². The average molecular weight is 279 g/mol. The van der Waals surface area contributed by atoms with Crippen LogP contribution in [0.5, 0.6) is 0 Å². The van der Waals surface area contributed by atoms with Gasteiger partial charge in [0.25, 0.3) is 0 Å². The van der Waals surface area contributed by atoms with E-state index in [0.717, 1.165) is 5.69 Å². The number of anilines is 2. The first-order valence-electron chi connectivity index (χ1n) is 5.79. The lowest BCUT2D eigenvalue weighted by Crippen LogP contribution is -2.31. The Morgan fingerprint density at radius 2 is 2.05 bits per heavy atom. The molecule has 0 radical (unpaired) electrons. The minimum atomic E-state index is -0.435. The van der Waals surface area contributed by atoms with Crippen LogP contribution in [0.1, 0.15) is 12.6 Å². The van der Waals surface area contributed by atoms with Gasteiger partial charge in [0.15, 0.2) is 5.13 Å². The van der Waals surface area contributed by atoms with Gasteiger partial charge in [0.05, 0.1) is 5.69 Å². The topological polar surface area (TPSA) is 54.0 Å². The first-order valence-corrected chi connectivity index (χ1v) is 6.67. The first-order chi connectivity index (χ1) is 9.04. The first kappa shape index (κ1) is 13.5. The second-order valence-corrected chi connectivity index (χ2v) is 5.01. The molecule has 1 atom stereocenters. The van der Waals surface area contributed by atoms with Crippen LogP contribution < -0.4 is 10.6 Å². The van der Waals surface area contributed by atoms with Gasteiger partial charge < -0.3 is 10.6 Å². The second kappa shape index (κ2) is 5.79. The van der Waals surface area contributed by atoms with Crippen LogP contribution in [-0.2, 0) is 4.79 Å². The molecule has 1 aromatic carbocycles. The Morgan fingerprint density at radius 3 is 2.63 bits per heavy atom. The van der Waals surface area contributed by atoms with Crippen molar-refractivity contribution in [2.45, 2.75) is 19.9 Å². The van der Waals surface area contributed by atoms with E-state index in [1.807, 2.05) is 12.3 Å². The number of nitrogens with zero attached hydrogens (tertiary/aromatic N) is 1. The lowest BCUT2D eigenvalue weighted by molar-refractivity contribution is -0.116. The van der Waals surface area contributed by atoms with E-state index in [0.29, 0.717) is 10.8 Å². The molecule has 0 aliphatic rings. The van der Waals surface area contributed by atoms with E-state index in [9.17, 15) is 9.18 Å². The molecule has 0 fully saturated rings. The Balaban J connectivity index is 1.94. The van der Waals surface area contributed by atoms with Crippen molar-refractivity contribution in [3.63, 3.8) is 0 Å². The summed E-state index contributed by atoms with van der Waals surface area (Å²) in [5.74, 6) is -0.486. The summed E-state index contributed by atoms with van der Waals surface area (Å²) >= 11 is 1.38. The number of rotatable bonds is 4. The fourth-order valence-corrected chi connectivity index (χ4v) is 2.18. The van der Waals surface area contributed by atoms with Crippen molar-refractivity contribution >= 4 is 28.1 Å². The molecule has 0 spiro atoms. The molecule has 1 amide bonds. The van der Waals surface area contributed by atoms with Gasteiger partial charge in [-0.15, -0.1) is 11.3 Å². The minimum absolute atomic E-state index is 0.182. The number of halogens is 1. The monoisotopic (exact) mass is 279 g/mol. The normalized spacial score (nSPS) is 11.9. The largest absolute Gasteiger partial charge is 0.374 e. The highest BCUT2D eigenvalue weighted by atomic mass is 32.1. The van der Waals surface area contributed by atoms with E-state index < -0.39 is 6.04 Å². The van der Waals surface area contributed by atoms with E-state index in [4.69, 9.17) is 0 Å². The summed E-state index contributed by atoms with van der Waals surface area (Å²) < 4.78 is 12.8. The molecular formula is C13H14FN3OS. The summed E-state index contributed by atoms with van der Waals surface area (Å²) in [6, 6.07) is 5.43. The zero-order valence-electron chi connectivity index (χ0n) is 10.6. The Hall–Kier alpha value is -1.95. The summed E-state index contributed by atoms with van der Waals surface area (Å²) in [6.45, 7) is 3.60. The van der Waals surface area contributed by atoms with Gasteiger partial charge in [0.1, 0.15) is 11.9 Å². The van der Waals surface area contributed by atoms with Crippen LogP contribution in [0.3, 0.4) is 0 Å². The Morgan fingerprint density at radius 1 is 1.37 bits per heavy atom. The number of aromatic nitrogens is 1. The number of carbonyl (C=O) groups is 1. The fraction of sp³-hybridized carbons (Fsp3) is 0.231. The number of hydrogen-bond acceptors (Lipinski definition) is 4. The predicted molar refractivity (Wildman–Crippen MR) is 75.0 cm³/mol. The van der Waals surface area contributed by atoms with E-state index in [-0.39, 0.29) is 11.7 Å². The van der Waals surface area contributed by atoms with E-state index in [1.165, 1.54) is 23.5 Å². The van der Waals surface area contributed by atoms with E-state index >= 15 is 0 Å². The SMILES string of the molecule is Cc1csc(NC(=O)[C@@H](C)Nc2ccc(F)cc2)n1. The molecule has 0 unspecified atom stereocenters. The molecular weight excluding hydrogens is 265 g/mol. The van der Waals surface area contributed by atoms with Gasteiger partial charge in [-0.2, -0.15) is 0 Å². The third-order valence-corrected chi connectivity index (χ3v) is 3.35. The highest BCUT2D eigenvalue weighted by molar-refractivity contribution is 7.13. The van der Waals surface area contributed by atoms with Gasteiger partial charge in [-0.05, 0) is 38.1 Å². The molecule has 0 saturated carbocycles. The molecule has 0 aliphatic carbocycles. The van der Waals surface area contributed by atoms with Gasteiger partial charge in [0, 0.05) is 11.1 Å². The molecule has 0 aliphatic heterocycles. The summed E-state index contributed by atoms with van der Waals surface area (Å²) in [6.07, 6.45) is 0. The minimum Gasteiger partial charge on any atom is -0.374 e. The van der Waals surface area contributed by atoms with Gasteiger partial charge in [-0.3, -0.25) is 4.79 Å². The smallest absolute Gasteiger partial charge is 0.248 e. The zero-order chi connectivity index (χ0) is 13.8. The Bertz CT molecular complexity index is 568. The quantitative estimate of drug-likeness (QED) is 0.904. The molecule has 2 aromatic rings. The van der Waals surface area contributed by atoms with Crippen molar-refractivity contribution in [3.8, 4) is 0 Å². The summed E-state index contributed by atoms with van der Waals surface area (Å²) in [4.78, 5) is 16.1. The maximum Gasteiger partial charge on any atom is 0.248 e. The number of carbonyl (C=O) groups excluding carboxylic acids is 1. The maximum atomic E-state index is 12.8. The standard InChI is InChI=1S/C13H14FN3OS/c1-8-7-19-13(15-8)17-12(18)9(2)16-11-5-3-10(14)4-6-11/h3-7,9,16H,1-2H3,(H,15,17,18)/t9-/m1/s1. The Labute approximate surface area is 114 Å². The van der Waals surface area contributed by atoms with Crippen molar-refractivity contribution in [1.82, 2.24) is 4.98 Å². The molecule has 2 rings (SSSR count). The molecule has 100 valence electrons. The lowest BCUT2D eigenvalue weighted by Gasteiger charge is -2.14. The van der Waals surface area contributed by atoms with E-state index in [1.54, 1.807) is 19.1 Å².